The van der Waals surface area contributed by atoms with Crippen LogP contribution in [-0.2, 0) is 0 Å². The molecule has 1 aliphatic rings. The van der Waals surface area contributed by atoms with Crippen molar-refractivity contribution in [2.75, 3.05) is 13.1 Å². The van der Waals surface area contributed by atoms with E-state index >= 15 is 0 Å². The molecule has 0 unspecified atom stereocenters. The molecule has 0 heterocycles. The van der Waals surface area contributed by atoms with E-state index in [1.807, 2.05) is 0 Å². The molecule has 0 amide bonds. The maximum Gasteiger partial charge on any atom is -0.00206 e. The summed E-state index contributed by atoms with van der Waals surface area (Å²) in [7, 11) is 0. The minimum atomic E-state index is 0.958. The van der Waals surface area contributed by atoms with E-state index in [1.54, 1.807) is 0 Å². The quantitative estimate of drug-likeness (QED) is 0.745. The maximum absolute atomic E-state index is 3.53. The van der Waals surface area contributed by atoms with Crippen LogP contribution in [0.25, 0.3) is 0 Å². The Kier molecular flexibility index (Phi) is 8.88. The first-order valence-corrected chi connectivity index (χ1v) is 7.64. The predicted molar refractivity (Wildman–Crippen MR) is 72.8 cm³/mol. The lowest BCUT2D eigenvalue weighted by Crippen LogP contribution is -2.22. The van der Waals surface area contributed by atoms with Gasteiger partial charge in [-0.3, -0.25) is 0 Å². The van der Waals surface area contributed by atoms with Gasteiger partial charge in [-0.05, 0) is 31.8 Å². The highest BCUT2D eigenvalue weighted by Gasteiger charge is 2.08. The molecular weight excluding hydrogens is 194 g/mol. The summed E-state index contributed by atoms with van der Waals surface area (Å²) in [5, 5.41) is 3.53. The van der Waals surface area contributed by atoms with E-state index in [4.69, 9.17) is 0 Å². The molecule has 0 aromatic carbocycles. The zero-order chi connectivity index (χ0) is 11.5. The van der Waals surface area contributed by atoms with Gasteiger partial charge in [-0.25, -0.2) is 0 Å². The van der Waals surface area contributed by atoms with Gasteiger partial charge in [0.25, 0.3) is 0 Å². The molecule has 96 valence electrons. The van der Waals surface area contributed by atoms with E-state index in [-0.39, 0.29) is 0 Å². The van der Waals surface area contributed by atoms with Crippen molar-refractivity contribution >= 4 is 0 Å². The Balaban J connectivity index is 2.19. The highest BCUT2D eigenvalue weighted by molar-refractivity contribution is 4.64. The van der Waals surface area contributed by atoms with Gasteiger partial charge in [0.2, 0.25) is 0 Å². The molecule has 0 saturated heterocycles. The number of hydrogen-bond donors (Lipinski definition) is 1. The normalized spacial score (nSPS) is 22.3. The van der Waals surface area contributed by atoms with Crippen LogP contribution in [0, 0.1) is 5.92 Å². The maximum atomic E-state index is 3.53. The summed E-state index contributed by atoms with van der Waals surface area (Å²) in [6.45, 7) is 4.61. The monoisotopic (exact) mass is 225 g/mol. The first kappa shape index (κ1) is 14.0. The van der Waals surface area contributed by atoms with E-state index < -0.39 is 0 Å². The molecule has 1 saturated carbocycles. The first-order chi connectivity index (χ1) is 7.93. The van der Waals surface area contributed by atoms with Crippen LogP contribution in [0.3, 0.4) is 0 Å². The molecule has 1 fully saturated rings. The highest BCUT2D eigenvalue weighted by Crippen LogP contribution is 2.20. The Morgan fingerprint density at radius 2 is 1.19 bits per heavy atom. The summed E-state index contributed by atoms with van der Waals surface area (Å²) in [5.74, 6) is 0.958. The molecule has 0 aromatic heterocycles. The van der Waals surface area contributed by atoms with Crippen molar-refractivity contribution in [3.63, 3.8) is 0 Å². The van der Waals surface area contributed by atoms with Crippen LogP contribution in [0.1, 0.15) is 77.6 Å². The third kappa shape index (κ3) is 7.27. The molecule has 1 nitrogen and oxygen atoms in total. The van der Waals surface area contributed by atoms with Crippen LogP contribution < -0.4 is 5.32 Å². The van der Waals surface area contributed by atoms with Crippen LogP contribution in [-0.4, -0.2) is 13.1 Å². The fourth-order valence-electron chi connectivity index (χ4n) is 2.80. The predicted octanol–water partition coefficient (Wildman–Crippen LogP) is 4.52. The lowest BCUT2D eigenvalue weighted by molar-refractivity contribution is 0.378. The molecule has 1 N–H and O–H groups in total. The first-order valence-electron chi connectivity index (χ1n) is 7.64. The fraction of sp³-hybridized carbons (Fsp3) is 1.00. The van der Waals surface area contributed by atoms with E-state index in [2.05, 4.69) is 12.2 Å². The van der Waals surface area contributed by atoms with E-state index in [9.17, 15) is 0 Å². The largest absolute Gasteiger partial charge is 0.317 e. The van der Waals surface area contributed by atoms with Crippen LogP contribution in [0.15, 0.2) is 0 Å². The molecule has 0 spiro atoms. The van der Waals surface area contributed by atoms with Crippen molar-refractivity contribution in [1.29, 1.82) is 0 Å². The van der Waals surface area contributed by atoms with E-state index in [0.29, 0.717) is 0 Å². The average molecular weight is 225 g/mol. The summed E-state index contributed by atoms with van der Waals surface area (Å²) >= 11 is 0. The molecule has 0 radical (unpaired) electrons. The van der Waals surface area contributed by atoms with Crippen molar-refractivity contribution < 1.29 is 0 Å². The molecular formula is C15H31N. The Hall–Kier alpha value is -0.0400. The van der Waals surface area contributed by atoms with Gasteiger partial charge < -0.3 is 5.32 Å². The number of nitrogens with one attached hydrogen (secondary N) is 1. The molecule has 0 aliphatic heterocycles. The average Bonchev–Trinajstić information content (AvgIpc) is 2.28. The van der Waals surface area contributed by atoms with Crippen molar-refractivity contribution in [2.45, 2.75) is 77.6 Å². The second-order valence-corrected chi connectivity index (χ2v) is 5.43. The van der Waals surface area contributed by atoms with Gasteiger partial charge in [-0.1, -0.05) is 64.7 Å². The Morgan fingerprint density at radius 3 is 1.62 bits per heavy atom. The number of rotatable bonds is 3. The topological polar surface area (TPSA) is 12.0 Å². The van der Waals surface area contributed by atoms with Gasteiger partial charge in [-0.15, -0.1) is 0 Å². The van der Waals surface area contributed by atoms with E-state index in [0.717, 1.165) is 12.5 Å². The molecule has 1 rings (SSSR count). The van der Waals surface area contributed by atoms with Gasteiger partial charge >= 0.3 is 0 Å². The molecule has 1 aliphatic carbocycles. The summed E-state index contributed by atoms with van der Waals surface area (Å²) < 4.78 is 0. The Morgan fingerprint density at radius 1 is 0.750 bits per heavy atom. The fourth-order valence-corrected chi connectivity index (χ4v) is 2.80. The van der Waals surface area contributed by atoms with Gasteiger partial charge in [0.1, 0.15) is 0 Å². The van der Waals surface area contributed by atoms with E-state index in [1.165, 1.54) is 77.2 Å². The Bertz CT molecular complexity index is 132. The lowest BCUT2D eigenvalue weighted by Gasteiger charge is -2.18. The molecule has 16 heavy (non-hydrogen) atoms. The summed E-state index contributed by atoms with van der Waals surface area (Å²) in [6, 6.07) is 0. The second kappa shape index (κ2) is 10.1. The lowest BCUT2D eigenvalue weighted by atomic mass is 9.93. The van der Waals surface area contributed by atoms with Crippen molar-refractivity contribution in [3.8, 4) is 0 Å². The van der Waals surface area contributed by atoms with Crippen LogP contribution >= 0.6 is 0 Å². The SMILES string of the molecule is CCNCC1CCCCCCCCCCC1. The van der Waals surface area contributed by atoms with Crippen LogP contribution in [0.2, 0.25) is 0 Å². The molecule has 1 heteroatoms. The summed E-state index contributed by atoms with van der Waals surface area (Å²) in [5.41, 5.74) is 0. The summed E-state index contributed by atoms with van der Waals surface area (Å²) in [4.78, 5) is 0. The van der Waals surface area contributed by atoms with Gasteiger partial charge in [0, 0.05) is 0 Å². The van der Waals surface area contributed by atoms with Crippen molar-refractivity contribution in [3.05, 3.63) is 0 Å². The molecule has 0 aromatic rings. The third-order valence-corrected chi connectivity index (χ3v) is 3.91. The van der Waals surface area contributed by atoms with Crippen LogP contribution in [0.4, 0.5) is 0 Å². The van der Waals surface area contributed by atoms with Crippen molar-refractivity contribution in [2.24, 2.45) is 5.92 Å². The van der Waals surface area contributed by atoms with Gasteiger partial charge in [0.05, 0.1) is 0 Å². The van der Waals surface area contributed by atoms with Crippen molar-refractivity contribution in [1.82, 2.24) is 5.32 Å². The van der Waals surface area contributed by atoms with Gasteiger partial charge in [0.15, 0.2) is 0 Å². The summed E-state index contributed by atoms with van der Waals surface area (Å²) in [6.07, 6.45) is 16.2. The third-order valence-electron chi connectivity index (χ3n) is 3.91. The highest BCUT2D eigenvalue weighted by atomic mass is 14.8. The minimum Gasteiger partial charge on any atom is -0.317 e. The second-order valence-electron chi connectivity index (χ2n) is 5.43. The standard InChI is InChI=1S/C15H31N/c1-2-16-14-15-12-10-8-6-4-3-5-7-9-11-13-15/h15-16H,2-14H2,1H3. The smallest absolute Gasteiger partial charge is 0.00206 e. The molecule has 0 atom stereocenters. The van der Waals surface area contributed by atoms with Gasteiger partial charge in [-0.2, -0.15) is 0 Å². The number of hydrogen-bond acceptors (Lipinski definition) is 1. The van der Waals surface area contributed by atoms with Crippen LogP contribution in [0.5, 0.6) is 0 Å². The zero-order valence-electron chi connectivity index (χ0n) is 11.3. The zero-order valence-corrected chi connectivity index (χ0v) is 11.3. The molecule has 0 bridgehead atoms. The minimum absolute atomic E-state index is 0.958. The Labute approximate surface area is 102 Å².